The van der Waals surface area contributed by atoms with E-state index in [9.17, 15) is 4.79 Å². The third kappa shape index (κ3) is 4.96. The minimum absolute atomic E-state index is 0.169. The monoisotopic (exact) mass is 282 g/mol. The van der Waals surface area contributed by atoms with Crippen LogP contribution in [0, 0.1) is 5.92 Å². The summed E-state index contributed by atoms with van der Waals surface area (Å²) in [5, 5.41) is 2.05. The lowest BCUT2D eigenvalue weighted by molar-refractivity contribution is -0.132. The summed E-state index contributed by atoms with van der Waals surface area (Å²) in [6, 6.07) is 4.29. The maximum absolute atomic E-state index is 12.2. The van der Waals surface area contributed by atoms with Gasteiger partial charge in [-0.05, 0) is 43.7 Å². The maximum atomic E-state index is 12.2. The Morgan fingerprint density at radius 1 is 1.47 bits per heavy atom. The molecular weight excluding hydrogens is 256 g/mol. The molecule has 2 unspecified atom stereocenters. The van der Waals surface area contributed by atoms with E-state index in [1.54, 1.807) is 11.3 Å². The number of amides is 1. The van der Waals surface area contributed by atoms with Gasteiger partial charge >= 0.3 is 0 Å². The summed E-state index contributed by atoms with van der Waals surface area (Å²) in [6.07, 6.45) is 3.71. The number of nitrogens with zero attached hydrogens (tertiary/aromatic N) is 1. The molecule has 1 aromatic heterocycles. The standard InChI is InChI=1S/C15H26N2OS/c1-4-13(9-10-16)7-8-15(18)17(3)12(2)14-6-5-11-19-14/h5-6,11-13H,4,7-10,16H2,1-3H3. The van der Waals surface area contributed by atoms with E-state index in [2.05, 4.69) is 25.3 Å². The van der Waals surface area contributed by atoms with Gasteiger partial charge in [0, 0.05) is 18.3 Å². The van der Waals surface area contributed by atoms with Crippen molar-refractivity contribution < 1.29 is 4.79 Å². The fourth-order valence-corrected chi connectivity index (χ4v) is 3.05. The Kier molecular flexibility index (Phi) is 7.10. The summed E-state index contributed by atoms with van der Waals surface area (Å²) >= 11 is 1.70. The molecule has 2 N–H and O–H groups in total. The molecule has 0 fully saturated rings. The van der Waals surface area contributed by atoms with Crippen molar-refractivity contribution in [3.05, 3.63) is 22.4 Å². The van der Waals surface area contributed by atoms with Crippen LogP contribution >= 0.6 is 11.3 Å². The second kappa shape index (κ2) is 8.33. The van der Waals surface area contributed by atoms with E-state index in [0.29, 0.717) is 18.9 Å². The summed E-state index contributed by atoms with van der Waals surface area (Å²) in [4.78, 5) is 15.3. The summed E-state index contributed by atoms with van der Waals surface area (Å²) in [7, 11) is 1.90. The van der Waals surface area contributed by atoms with Crippen molar-refractivity contribution in [2.45, 2.75) is 45.6 Å². The highest BCUT2D eigenvalue weighted by Gasteiger charge is 2.18. The van der Waals surface area contributed by atoms with Gasteiger partial charge in [-0.3, -0.25) is 4.79 Å². The van der Waals surface area contributed by atoms with E-state index in [-0.39, 0.29) is 11.9 Å². The molecule has 19 heavy (non-hydrogen) atoms. The molecule has 4 heteroatoms. The lowest BCUT2D eigenvalue weighted by Gasteiger charge is -2.25. The molecule has 0 bridgehead atoms. The predicted octanol–water partition coefficient (Wildman–Crippen LogP) is 3.42. The average Bonchev–Trinajstić information content (AvgIpc) is 2.95. The summed E-state index contributed by atoms with van der Waals surface area (Å²) in [5.41, 5.74) is 5.59. The van der Waals surface area contributed by atoms with Gasteiger partial charge in [-0.2, -0.15) is 0 Å². The van der Waals surface area contributed by atoms with Crippen LogP contribution in [-0.2, 0) is 4.79 Å². The predicted molar refractivity (Wildman–Crippen MR) is 82.2 cm³/mol. The third-order valence-electron chi connectivity index (χ3n) is 3.85. The van der Waals surface area contributed by atoms with Crippen LogP contribution in [-0.4, -0.2) is 24.4 Å². The molecule has 0 aromatic carbocycles. The normalized spacial score (nSPS) is 14.1. The van der Waals surface area contributed by atoms with Crippen LogP contribution < -0.4 is 5.73 Å². The van der Waals surface area contributed by atoms with Crippen LogP contribution in [0.5, 0.6) is 0 Å². The van der Waals surface area contributed by atoms with Gasteiger partial charge in [0.2, 0.25) is 5.91 Å². The number of carbonyl (C=O) groups is 1. The van der Waals surface area contributed by atoms with E-state index in [1.165, 1.54) is 4.88 Å². The van der Waals surface area contributed by atoms with Crippen molar-refractivity contribution in [2.24, 2.45) is 11.7 Å². The summed E-state index contributed by atoms with van der Waals surface area (Å²) < 4.78 is 0. The Hall–Kier alpha value is -0.870. The molecule has 0 radical (unpaired) electrons. The van der Waals surface area contributed by atoms with Gasteiger partial charge < -0.3 is 10.6 Å². The molecule has 1 amide bonds. The Balaban J connectivity index is 2.44. The maximum Gasteiger partial charge on any atom is 0.222 e. The van der Waals surface area contributed by atoms with E-state index >= 15 is 0 Å². The van der Waals surface area contributed by atoms with Crippen LogP contribution in [0.1, 0.15) is 50.4 Å². The van der Waals surface area contributed by atoms with E-state index in [1.807, 2.05) is 18.0 Å². The first-order chi connectivity index (χ1) is 9.10. The molecule has 0 saturated carbocycles. The van der Waals surface area contributed by atoms with Crippen molar-refractivity contribution >= 4 is 17.2 Å². The first-order valence-electron chi connectivity index (χ1n) is 7.09. The number of nitrogens with two attached hydrogens (primary N) is 1. The molecule has 0 aliphatic rings. The molecule has 1 aromatic rings. The van der Waals surface area contributed by atoms with Crippen LogP contribution in [0.4, 0.5) is 0 Å². The molecule has 1 rings (SSSR count). The third-order valence-corrected chi connectivity index (χ3v) is 4.89. The van der Waals surface area contributed by atoms with E-state index in [0.717, 1.165) is 19.3 Å². The van der Waals surface area contributed by atoms with Crippen molar-refractivity contribution in [3.63, 3.8) is 0 Å². The number of hydrogen-bond donors (Lipinski definition) is 1. The first-order valence-corrected chi connectivity index (χ1v) is 7.97. The van der Waals surface area contributed by atoms with Crippen LogP contribution in [0.3, 0.4) is 0 Å². The summed E-state index contributed by atoms with van der Waals surface area (Å²) in [6.45, 7) is 4.97. The smallest absolute Gasteiger partial charge is 0.222 e. The highest BCUT2D eigenvalue weighted by Crippen LogP contribution is 2.24. The van der Waals surface area contributed by atoms with Gasteiger partial charge in [0.15, 0.2) is 0 Å². The highest BCUT2D eigenvalue weighted by atomic mass is 32.1. The lowest BCUT2D eigenvalue weighted by atomic mass is 9.96. The topological polar surface area (TPSA) is 46.3 Å². The van der Waals surface area contributed by atoms with E-state index in [4.69, 9.17) is 5.73 Å². The van der Waals surface area contributed by atoms with Crippen LogP contribution in [0.25, 0.3) is 0 Å². The largest absolute Gasteiger partial charge is 0.338 e. The van der Waals surface area contributed by atoms with Gasteiger partial charge in [0.25, 0.3) is 0 Å². The van der Waals surface area contributed by atoms with Gasteiger partial charge in [-0.15, -0.1) is 11.3 Å². The Morgan fingerprint density at radius 3 is 2.74 bits per heavy atom. The lowest BCUT2D eigenvalue weighted by Crippen LogP contribution is -2.29. The van der Waals surface area contributed by atoms with Crippen LogP contribution in [0.2, 0.25) is 0 Å². The quantitative estimate of drug-likeness (QED) is 0.794. The Bertz CT molecular complexity index is 364. The fraction of sp³-hybridized carbons (Fsp3) is 0.667. The molecule has 0 aliphatic heterocycles. The second-order valence-corrected chi connectivity index (χ2v) is 6.07. The van der Waals surface area contributed by atoms with Gasteiger partial charge in [0.05, 0.1) is 6.04 Å². The Labute approximate surface area is 120 Å². The minimum atomic E-state index is 0.169. The number of rotatable bonds is 8. The van der Waals surface area contributed by atoms with E-state index < -0.39 is 0 Å². The number of hydrogen-bond acceptors (Lipinski definition) is 3. The van der Waals surface area contributed by atoms with Crippen molar-refractivity contribution in [2.75, 3.05) is 13.6 Å². The molecule has 0 aliphatic carbocycles. The summed E-state index contributed by atoms with van der Waals surface area (Å²) in [5.74, 6) is 0.816. The first kappa shape index (κ1) is 16.2. The molecule has 0 spiro atoms. The van der Waals surface area contributed by atoms with Crippen molar-refractivity contribution in [3.8, 4) is 0 Å². The molecule has 1 heterocycles. The van der Waals surface area contributed by atoms with Gasteiger partial charge in [-0.25, -0.2) is 0 Å². The fourth-order valence-electron chi connectivity index (χ4n) is 2.23. The Morgan fingerprint density at radius 2 is 2.21 bits per heavy atom. The van der Waals surface area contributed by atoms with Crippen molar-refractivity contribution in [1.29, 1.82) is 0 Å². The van der Waals surface area contributed by atoms with Gasteiger partial charge in [-0.1, -0.05) is 19.4 Å². The van der Waals surface area contributed by atoms with Crippen LogP contribution in [0.15, 0.2) is 17.5 Å². The minimum Gasteiger partial charge on any atom is -0.338 e. The SMILES string of the molecule is CCC(CCN)CCC(=O)N(C)C(C)c1cccs1. The molecule has 0 saturated heterocycles. The zero-order chi connectivity index (χ0) is 14.3. The zero-order valence-corrected chi connectivity index (χ0v) is 13.1. The number of carbonyl (C=O) groups excluding carboxylic acids is 1. The van der Waals surface area contributed by atoms with Crippen molar-refractivity contribution in [1.82, 2.24) is 4.90 Å². The second-order valence-electron chi connectivity index (χ2n) is 5.09. The molecule has 2 atom stereocenters. The number of thiophene rings is 1. The highest BCUT2D eigenvalue weighted by molar-refractivity contribution is 7.10. The molecular formula is C15H26N2OS. The zero-order valence-electron chi connectivity index (χ0n) is 12.3. The molecule has 108 valence electrons. The molecule has 3 nitrogen and oxygen atoms in total. The van der Waals surface area contributed by atoms with Gasteiger partial charge in [0.1, 0.15) is 0 Å². The average molecular weight is 282 g/mol.